The Kier molecular flexibility index (Phi) is 8.82. The van der Waals surface area contributed by atoms with Crippen LogP contribution in [0.15, 0.2) is 52.9 Å². The molecular weight excluding hydrogens is 584 g/mol. The Morgan fingerprint density at radius 1 is 1.07 bits per heavy atom. The number of nitrogens with zero attached hydrogens (tertiary/aromatic N) is 5. The number of aryl methyl sites for hydroxylation is 1. The third-order valence-electron chi connectivity index (χ3n) is 7.60. The fraction of sp³-hybridized carbons (Fsp3) is 0.387. The van der Waals surface area contributed by atoms with E-state index >= 15 is 0 Å². The molecule has 0 saturated carbocycles. The van der Waals surface area contributed by atoms with Crippen molar-refractivity contribution in [1.82, 2.24) is 30.4 Å². The number of amides is 2. The first-order valence-electron chi connectivity index (χ1n) is 14.6. The number of rotatable bonds is 12. The third-order valence-corrected chi connectivity index (χ3v) is 7.60. The Hall–Kier alpha value is -5.11. The van der Waals surface area contributed by atoms with Crippen LogP contribution in [0.25, 0.3) is 11.4 Å². The number of hydrogen-bond donors (Lipinski definition) is 1. The van der Waals surface area contributed by atoms with Crippen LogP contribution in [0.2, 0.25) is 0 Å². The number of carbonyl (C=O) groups is 2. The Bertz CT molecular complexity index is 1660. The number of fused-ring (bicyclic) bond motifs is 1. The molecule has 2 aromatic heterocycles. The molecule has 2 aromatic carbocycles. The predicted molar refractivity (Wildman–Crippen MR) is 158 cm³/mol. The molecule has 1 fully saturated rings. The highest BCUT2D eigenvalue weighted by Gasteiger charge is 2.35. The topological polar surface area (TPSA) is 152 Å². The summed E-state index contributed by atoms with van der Waals surface area (Å²) in [7, 11) is 3.08. The van der Waals surface area contributed by atoms with Crippen molar-refractivity contribution >= 4 is 11.8 Å². The number of tetrazole rings is 1. The summed E-state index contributed by atoms with van der Waals surface area (Å²) in [5, 5.41) is 15.7. The summed E-state index contributed by atoms with van der Waals surface area (Å²) >= 11 is 0. The van der Waals surface area contributed by atoms with E-state index < -0.39 is 17.9 Å². The monoisotopic (exact) mass is 618 g/mol. The number of methoxy groups -OCH3 is 2. The van der Waals surface area contributed by atoms with Gasteiger partial charge >= 0.3 is 0 Å². The molecule has 2 atom stereocenters. The highest BCUT2D eigenvalue weighted by Crippen LogP contribution is 2.34. The molecule has 1 N–H and O–H groups in total. The first-order chi connectivity index (χ1) is 21.9. The van der Waals surface area contributed by atoms with E-state index in [1.54, 1.807) is 56.5 Å². The smallest absolute Gasteiger partial charge is 0.250 e. The van der Waals surface area contributed by atoms with Crippen molar-refractivity contribution in [1.29, 1.82) is 0 Å². The largest absolute Gasteiger partial charge is 0.493 e. The minimum atomic E-state index is -1.09. The third kappa shape index (κ3) is 6.70. The second-order valence-corrected chi connectivity index (χ2v) is 10.7. The van der Waals surface area contributed by atoms with Gasteiger partial charge in [0.15, 0.2) is 29.0 Å². The Morgan fingerprint density at radius 3 is 2.67 bits per heavy atom. The molecule has 0 radical (unpaired) electrons. The van der Waals surface area contributed by atoms with Gasteiger partial charge in [0.25, 0.3) is 5.91 Å². The summed E-state index contributed by atoms with van der Waals surface area (Å²) in [6.45, 7) is 2.64. The second kappa shape index (κ2) is 13.3. The van der Waals surface area contributed by atoms with Gasteiger partial charge < -0.3 is 38.3 Å². The van der Waals surface area contributed by atoms with Gasteiger partial charge in [0.2, 0.25) is 18.5 Å². The summed E-state index contributed by atoms with van der Waals surface area (Å²) in [4.78, 5) is 30.6. The van der Waals surface area contributed by atoms with Crippen LogP contribution in [0.4, 0.5) is 0 Å². The van der Waals surface area contributed by atoms with Gasteiger partial charge in [-0.3, -0.25) is 9.59 Å². The highest BCUT2D eigenvalue weighted by molar-refractivity contribution is 5.88. The molecule has 6 rings (SSSR count). The van der Waals surface area contributed by atoms with Crippen LogP contribution in [0.1, 0.15) is 36.0 Å². The molecule has 45 heavy (non-hydrogen) atoms. The normalized spacial score (nSPS) is 15.9. The summed E-state index contributed by atoms with van der Waals surface area (Å²) in [5.41, 5.74) is 1.35. The van der Waals surface area contributed by atoms with Gasteiger partial charge in [0.05, 0.1) is 20.3 Å². The van der Waals surface area contributed by atoms with Gasteiger partial charge in [-0.25, -0.2) is 0 Å². The van der Waals surface area contributed by atoms with Crippen LogP contribution < -0.4 is 24.3 Å². The number of ether oxygens (including phenoxy) is 5. The lowest BCUT2D eigenvalue weighted by molar-refractivity contribution is -0.143. The SMILES string of the molecule is COc1ccc(-c2nnn(CC(=O)N(Cc3ccc4c(c3)OCO4)[C@H](C(=O)NC[C@@H]3CCCO3)c3ccc(C)o3)n2)cc1OC. The molecule has 0 unspecified atom stereocenters. The van der Waals surface area contributed by atoms with E-state index in [1.165, 1.54) is 16.8 Å². The number of nitrogens with one attached hydrogen (secondary N) is 1. The minimum Gasteiger partial charge on any atom is -0.493 e. The maximum absolute atomic E-state index is 14.1. The van der Waals surface area contributed by atoms with E-state index in [1.807, 2.05) is 6.07 Å². The standard InChI is InChI=1S/C31H34N6O8/c1-19-6-9-25(45-19)29(31(39)32-15-22-5-4-12-42-22)36(16-20-7-10-24-27(13-20)44-18-43-24)28(38)17-37-34-30(33-35-37)21-8-11-23(40-2)26(14-21)41-3/h6-11,13-14,22,29H,4-5,12,15-18H2,1-3H3,(H,32,39)/t22-,29-/m0/s1. The van der Waals surface area contributed by atoms with Gasteiger partial charge in [0, 0.05) is 25.3 Å². The molecule has 2 amide bonds. The molecule has 4 heterocycles. The lowest BCUT2D eigenvalue weighted by atomic mass is 10.1. The molecule has 1 saturated heterocycles. The van der Waals surface area contributed by atoms with Crippen molar-refractivity contribution in [3.8, 4) is 34.4 Å². The van der Waals surface area contributed by atoms with Crippen LogP contribution in [-0.4, -0.2) is 77.2 Å². The average molecular weight is 619 g/mol. The zero-order valence-electron chi connectivity index (χ0n) is 25.2. The van der Waals surface area contributed by atoms with E-state index in [2.05, 4.69) is 20.7 Å². The molecule has 14 heteroatoms. The van der Waals surface area contributed by atoms with Crippen LogP contribution in [0.3, 0.4) is 0 Å². The molecule has 4 aromatic rings. The van der Waals surface area contributed by atoms with Crippen LogP contribution in [-0.2, 0) is 27.4 Å². The van der Waals surface area contributed by atoms with E-state index in [0.717, 1.165) is 18.4 Å². The maximum Gasteiger partial charge on any atom is 0.250 e. The average Bonchev–Trinajstić information content (AvgIpc) is 3.88. The Morgan fingerprint density at radius 2 is 1.91 bits per heavy atom. The van der Waals surface area contributed by atoms with Gasteiger partial charge in [-0.05, 0) is 73.0 Å². The zero-order chi connectivity index (χ0) is 31.3. The van der Waals surface area contributed by atoms with Crippen LogP contribution >= 0.6 is 0 Å². The molecule has 236 valence electrons. The summed E-state index contributed by atoms with van der Waals surface area (Å²) < 4.78 is 33.3. The van der Waals surface area contributed by atoms with E-state index in [0.29, 0.717) is 59.1 Å². The quantitative estimate of drug-likeness (QED) is 0.249. The Labute approximate surface area is 259 Å². The molecule has 0 spiro atoms. The lowest BCUT2D eigenvalue weighted by Crippen LogP contribution is -2.46. The first-order valence-corrected chi connectivity index (χ1v) is 14.6. The first kappa shape index (κ1) is 29.9. The number of furan rings is 1. The van der Waals surface area contributed by atoms with Crippen molar-refractivity contribution in [3.63, 3.8) is 0 Å². The second-order valence-electron chi connectivity index (χ2n) is 10.7. The van der Waals surface area contributed by atoms with Crippen LogP contribution in [0.5, 0.6) is 23.0 Å². The molecular formula is C31H34N6O8. The van der Waals surface area contributed by atoms with E-state index in [4.69, 9.17) is 28.1 Å². The van der Waals surface area contributed by atoms with Gasteiger partial charge in [-0.1, -0.05) is 6.07 Å². The maximum atomic E-state index is 14.1. The molecule has 2 aliphatic heterocycles. The predicted octanol–water partition coefficient (Wildman–Crippen LogP) is 3.05. The number of benzene rings is 2. The van der Waals surface area contributed by atoms with Crippen molar-refractivity contribution < 1.29 is 37.7 Å². The van der Waals surface area contributed by atoms with Gasteiger partial charge in [0.1, 0.15) is 18.1 Å². The van der Waals surface area contributed by atoms with Crippen molar-refractivity contribution in [2.24, 2.45) is 0 Å². The van der Waals surface area contributed by atoms with Crippen molar-refractivity contribution in [2.45, 2.75) is 45.0 Å². The fourth-order valence-electron chi connectivity index (χ4n) is 5.31. The number of aromatic nitrogens is 4. The van der Waals surface area contributed by atoms with E-state index in [-0.39, 0.29) is 26.0 Å². The molecule has 0 aliphatic carbocycles. The fourth-order valence-corrected chi connectivity index (χ4v) is 5.31. The highest BCUT2D eigenvalue weighted by atomic mass is 16.7. The summed E-state index contributed by atoms with van der Waals surface area (Å²) in [6.07, 6.45) is 1.71. The number of hydrogen-bond acceptors (Lipinski definition) is 11. The molecule has 14 nitrogen and oxygen atoms in total. The molecule has 0 bridgehead atoms. The summed E-state index contributed by atoms with van der Waals surface area (Å²) in [5.74, 6) is 2.62. The minimum absolute atomic E-state index is 0.0600. The Balaban J connectivity index is 1.29. The summed E-state index contributed by atoms with van der Waals surface area (Å²) in [6, 6.07) is 13.0. The van der Waals surface area contributed by atoms with Gasteiger partial charge in [-0.2, -0.15) is 4.80 Å². The lowest BCUT2D eigenvalue weighted by Gasteiger charge is -2.30. The zero-order valence-corrected chi connectivity index (χ0v) is 25.2. The molecule has 2 aliphatic rings. The van der Waals surface area contributed by atoms with E-state index in [9.17, 15) is 9.59 Å². The van der Waals surface area contributed by atoms with Crippen LogP contribution in [0, 0.1) is 6.92 Å². The van der Waals surface area contributed by atoms with Crippen molar-refractivity contribution in [2.75, 3.05) is 34.2 Å². The van der Waals surface area contributed by atoms with Gasteiger partial charge in [-0.15, -0.1) is 10.2 Å². The van der Waals surface area contributed by atoms with Crippen molar-refractivity contribution in [3.05, 3.63) is 65.6 Å². The number of carbonyl (C=O) groups excluding carboxylic acids is 2.